The molecule has 84 valence electrons. The molecule has 0 unspecified atom stereocenters. The SMILES string of the molecule is CN(CCN)c1nccn1-c1ccccc1. The molecule has 0 fully saturated rings. The van der Waals surface area contributed by atoms with E-state index in [0.717, 1.165) is 18.2 Å². The summed E-state index contributed by atoms with van der Waals surface area (Å²) in [5.41, 5.74) is 6.66. The molecule has 0 bridgehead atoms. The Kier molecular flexibility index (Phi) is 3.22. The van der Waals surface area contributed by atoms with E-state index in [0.29, 0.717) is 6.54 Å². The number of likely N-dealkylation sites (N-methyl/N-ethyl adjacent to an activating group) is 1. The van der Waals surface area contributed by atoms with Crippen molar-refractivity contribution in [2.45, 2.75) is 0 Å². The van der Waals surface area contributed by atoms with Gasteiger partial charge < -0.3 is 10.6 Å². The van der Waals surface area contributed by atoms with Crippen molar-refractivity contribution in [3.63, 3.8) is 0 Å². The minimum atomic E-state index is 0.623. The molecule has 4 nitrogen and oxygen atoms in total. The van der Waals surface area contributed by atoms with E-state index in [2.05, 4.69) is 21.7 Å². The lowest BCUT2D eigenvalue weighted by atomic mass is 10.3. The number of nitrogens with two attached hydrogens (primary N) is 1. The van der Waals surface area contributed by atoms with Crippen LogP contribution >= 0.6 is 0 Å². The standard InChI is InChI=1S/C12H16N4/c1-15(9-7-13)12-14-8-10-16(12)11-5-3-2-4-6-11/h2-6,8,10H,7,9,13H2,1H3. The largest absolute Gasteiger partial charge is 0.344 e. The number of para-hydroxylation sites is 1. The number of aromatic nitrogens is 2. The average molecular weight is 216 g/mol. The summed E-state index contributed by atoms with van der Waals surface area (Å²) in [6.07, 6.45) is 3.76. The van der Waals surface area contributed by atoms with Crippen LogP contribution in [0.5, 0.6) is 0 Å². The molecule has 2 rings (SSSR count). The van der Waals surface area contributed by atoms with Gasteiger partial charge in [0.05, 0.1) is 0 Å². The Morgan fingerprint density at radius 2 is 2.06 bits per heavy atom. The van der Waals surface area contributed by atoms with Crippen LogP contribution in [0.15, 0.2) is 42.7 Å². The minimum absolute atomic E-state index is 0.623. The number of nitrogens with zero attached hydrogens (tertiary/aromatic N) is 3. The van der Waals surface area contributed by atoms with Gasteiger partial charge in [0.1, 0.15) is 0 Å². The van der Waals surface area contributed by atoms with Crippen LogP contribution in [0, 0.1) is 0 Å². The maximum Gasteiger partial charge on any atom is 0.209 e. The highest BCUT2D eigenvalue weighted by Gasteiger charge is 2.08. The molecule has 0 radical (unpaired) electrons. The number of benzene rings is 1. The minimum Gasteiger partial charge on any atom is -0.344 e. The first-order chi connectivity index (χ1) is 7.83. The predicted octanol–water partition coefficient (Wildman–Crippen LogP) is 1.27. The van der Waals surface area contributed by atoms with Gasteiger partial charge in [0.25, 0.3) is 0 Å². The van der Waals surface area contributed by atoms with Gasteiger partial charge in [-0.15, -0.1) is 0 Å². The third-order valence-electron chi connectivity index (χ3n) is 2.46. The van der Waals surface area contributed by atoms with Crippen LogP contribution in [0.1, 0.15) is 0 Å². The summed E-state index contributed by atoms with van der Waals surface area (Å²) in [6.45, 7) is 1.42. The topological polar surface area (TPSA) is 47.1 Å². The summed E-state index contributed by atoms with van der Waals surface area (Å²) < 4.78 is 2.05. The van der Waals surface area contributed by atoms with Gasteiger partial charge >= 0.3 is 0 Å². The average Bonchev–Trinajstić information content (AvgIpc) is 2.79. The van der Waals surface area contributed by atoms with E-state index in [4.69, 9.17) is 5.73 Å². The maximum absolute atomic E-state index is 5.55. The van der Waals surface area contributed by atoms with Gasteiger partial charge in [-0.3, -0.25) is 4.57 Å². The van der Waals surface area contributed by atoms with Gasteiger partial charge in [0.2, 0.25) is 5.95 Å². The fraction of sp³-hybridized carbons (Fsp3) is 0.250. The van der Waals surface area contributed by atoms with Crippen molar-refractivity contribution in [3.8, 4) is 5.69 Å². The van der Waals surface area contributed by atoms with Crippen LogP contribution in [0.3, 0.4) is 0 Å². The maximum atomic E-state index is 5.55. The van der Waals surface area contributed by atoms with E-state index < -0.39 is 0 Å². The lowest BCUT2D eigenvalue weighted by Gasteiger charge is -2.18. The van der Waals surface area contributed by atoms with Crippen molar-refractivity contribution in [3.05, 3.63) is 42.7 Å². The monoisotopic (exact) mass is 216 g/mol. The predicted molar refractivity (Wildman–Crippen MR) is 65.9 cm³/mol. The van der Waals surface area contributed by atoms with E-state index in [9.17, 15) is 0 Å². The van der Waals surface area contributed by atoms with E-state index in [1.807, 2.05) is 36.3 Å². The van der Waals surface area contributed by atoms with E-state index in [-0.39, 0.29) is 0 Å². The zero-order chi connectivity index (χ0) is 11.4. The molecule has 1 aromatic carbocycles. The van der Waals surface area contributed by atoms with E-state index in [1.165, 1.54) is 0 Å². The molecule has 0 spiro atoms. The Morgan fingerprint density at radius 1 is 1.31 bits per heavy atom. The highest BCUT2D eigenvalue weighted by molar-refractivity contribution is 5.42. The molecule has 0 aliphatic carbocycles. The summed E-state index contributed by atoms with van der Waals surface area (Å²) in [5.74, 6) is 0.914. The molecule has 2 N–H and O–H groups in total. The van der Waals surface area contributed by atoms with Crippen molar-refractivity contribution in [1.82, 2.24) is 9.55 Å². The zero-order valence-electron chi connectivity index (χ0n) is 9.37. The molecule has 0 amide bonds. The van der Waals surface area contributed by atoms with Gasteiger partial charge in [0, 0.05) is 38.2 Å². The van der Waals surface area contributed by atoms with Crippen LogP contribution in [0.4, 0.5) is 5.95 Å². The number of hydrogen-bond donors (Lipinski definition) is 1. The number of hydrogen-bond acceptors (Lipinski definition) is 3. The van der Waals surface area contributed by atoms with Gasteiger partial charge in [-0.1, -0.05) is 18.2 Å². The zero-order valence-corrected chi connectivity index (χ0v) is 9.37. The summed E-state index contributed by atoms with van der Waals surface area (Å²) in [4.78, 5) is 6.39. The fourth-order valence-electron chi connectivity index (χ4n) is 1.66. The number of rotatable bonds is 4. The van der Waals surface area contributed by atoms with E-state index >= 15 is 0 Å². The van der Waals surface area contributed by atoms with Crippen LogP contribution in [-0.4, -0.2) is 29.7 Å². The molecule has 16 heavy (non-hydrogen) atoms. The van der Waals surface area contributed by atoms with Crippen molar-refractivity contribution in [2.24, 2.45) is 5.73 Å². The molecular formula is C12H16N4. The Morgan fingerprint density at radius 3 is 2.75 bits per heavy atom. The molecule has 0 atom stereocenters. The third-order valence-corrected chi connectivity index (χ3v) is 2.46. The second-order valence-electron chi connectivity index (χ2n) is 3.64. The smallest absolute Gasteiger partial charge is 0.209 e. The van der Waals surface area contributed by atoms with Crippen LogP contribution in [-0.2, 0) is 0 Å². The van der Waals surface area contributed by atoms with Crippen LogP contribution < -0.4 is 10.6 Å². The first kappa shape index (κ1) is 10.7. The van der Waals surface area contributed by atoms with Crippen molar-refractivity contribution < 1.29 is 0 Å². The van der Waals surface area contributed by atoms with E-state index in [1.54, 1.807) is 6.20 Å². The fourth-order valence-corrected chi connectivity index (χ4v) is 1.66. The first-order valence-corrected chi connectivity index (χ1v) is 5.33. The molecule has 4 heteroatoms. The number of anilines is 1. The quantitative estimate of drug-likeness (QED) is 0.837. The third kappa shape index (κ3) is 2.06. The van der Waals surface area contributed by atoms with Crippen molar-refractivity contribution >= 4 is 5.95 Å². The molecule has 0 saturated carbocycles. The second kappa shape index (κ2) is 4.81. The lowest BCUT2D eigenvalue weighted by molar-refractivity contribution is 0.832. The van der Waals surface area contributed by atoms with Crippen molar-refractivity contribution in [2.75, 3.05) is 25.0 Å². The number of imidazole rings is 1. The first-order valence-electron chi connectivity index (χ1n) is 5.33. The van der Waals surface area contributed by atoms with Crippen LogP contribution in [0.25, 0.3) is 5.69 Å². The molecule has 1 aromatic heterocycles. The van der Waals surface area contributed by atoms with Gasteiger partial charge in [-0.05, 0) is 12.1 Å². The normalized spacial score (nSPS) is 10.4. The molecule has 0 saturated heterocycles. The highest BCUT2D eigenvalue weighted by Crippen LogP contribution is 2.16. The summed E-state index contributed by atoms with van der Waals surface area (Å²) in [5, 5.41) is 0. The molecule has 2 aromatic rings. The summed E-state index contributed by atoms with van der Waals surface area (Å²) in [7, 11) is 1.99. The Balaban J connectivity index is 2.33. The summed E-state index contributed by atoms with van der Waals surface area (Å²) in [6, 6.07) is 10.1. The second-order valence-corrected chi connectivity index (χ2v) is 3.64. The Hall–Kier alpha value is -1.81. The Labute approximate surface area is 95.3 Å². The van der Waals surface area contributed by atoms with Gasteiger partial charge in [0.15, 0.2) is 0 Å². The van der Waals surface area contributed by atoms with Crippen LogP contribution in [0.2, 0.25) is 0 Å². The van der Waals surface area contributed by atoms with Gasteiger partial charge in [-0.2, -0.15) is 0 Å². The van der Waals surface area contributed by atoms with Gasteiger partial charge in [-0.25, -0.2) is 4.98 Å². The highest BCUT2D eigenvalue weighted by atomic mass is 15.3. The molecule has 0 aliphatic heterocycles. The lowest BCUT2D eigenvalue weighted by Crippen LogP contribution is -2.27. The molecule has 0 aliphatic rings. The summed E-state index contributed by atoms with van der Waals surface area (Å²) >= 11 is 0. The Bertz CT molecular complexity index is 435. The van der Waals surface area contributed by atoms with Crippen molar-refractivity contribution in [1.29, 1.82) is 0 Å². The molecule has 1 heterocycles. The molecular weight excluding hydrogens is 200 g/mol.